The predicted octanol–water partition coefficient (Wildman–Crippen LogP) is 13.9. The first-order valence-corrected chi connectivity index (χ1v) is 19.2. The number of hydrogen-bond acceptors (Lipinski definition) is 1. The van der Waals surface area contributed by atoms with Gasteiger partial charge in [-0.05, 0) is 117 Å². The molecule has 6 aromatic rings. The van der Waals surface area contributed by atoms with E-state index in [4.69, 9.17) is 4.99 Å². The van der Waals surface area contributed by atoms with Crippen LogP contribution in [-0.4, -0.2) is 5.71 Å². The molecule has 0 unspecified atom stereocenters. The molecular formula is C52H49N. The second-order valence-electron chi connectivity index (χ2n) is 14.2. The maximum atomic E-state index is 5.34. The number of allylic oxidation sites excluding steroid dienone is 3. The third-order valence-corrected chi connectivity index (χ3v) is 10.6. The van der Waals surface area contributed by atoms with E-state index in [0.29, 0.717) is 0 Å². The van der Waals surface area contributed by atoms with Crippen molar-refractivity contribution in [2.75, 3.05) is 0 Å². The van der Waals surface area contributed by atoms with Crippen LogP contribution in [0.25, 0.3) is 39.6 Å². The highest BCUT2D eigenvalue weighted by Crippen LogP contribution is 2.34. The van der Waals surface area contributed by atoms with Gasteiger partial charge in [-0.25, -0.2) is 0 Å². The second kappa shape index (κ2) is 16.7. The summed E-state index contributed by atoms with van der Waals surface area (Å²) in [5.41, 5.74) is 18.6. The lowest BCUT2D eigenvalue weighted by Crippen LogP contribution is -2.03. The van der Waals surface area contributed by atoms with Crippen LogP contribution in [0.5, 0.6) is 0 Å². The molecule has 0 saturated carbocycles. The van der Waals surface area contributed by atoms with Crippen LogP contribution < -0.4 is 0 Å². The van der Waals surface area contributed by atoms with E-state index in [1.807, 2.05) is 0 Å². The van der Waals surface area contributed by atoms with E-state index in [1.165, 1.54) is 55.6 Å². The predicted molar refractivity (Wildman–Crippen MR) is 229 cm³/mol. The van der Waals surface area contributed by atoms with Crippen molar-refractivity contribution >= 4 is 23.1 Å². The van der Waals surface area contributed by atoms with Crippen molar-refractivity contribution in [2.45, 2.75) is 52.9 Å². The molecule has 0 saturated heterocycles. The first kappa shape index (κ1) is 35.6. The van der Waals surface area contributed by atoms with Gasteiger partial charge < -0.3 is 0 Å². The molecule has 6 aromatic carbocycles. The number of nitrogens with zero attached hydrogens (tertiary/aromatic N) is 1. The van der Waals surface area contributed by atoms with Crippen molar-refractivity contribution in [3.8, 4) is 22.3 Å². The van der Waals surface area contributed by atoms with Gasteiger partial charge >= 0.3 is 0 Å². The molecule has 0 amide bonds. The largest absolute Gasteiger partial charge is 0.253 e. The molecule has 0 aliphatic heterocycles. The molecule has 0 aromatic heterocycles. The summed E-state index contributed by atoms with van der Waals surface area (Å²) in [6, 6.07) is 52.7. The smallest absolute Gasteiger partial charge is 0.0671 e. The van der Waals surface area contributed by atoms with E-state index in [9.17, 15) is 0 Å². The maximum Gasteiger partial charge on any atom is 0.0671 e. The molecular weight excluding hydrogens is 639 g/mol. The molecule has 53 heavy (non-hydrogen) atoms. The fourth-order valence-electron chi connectivity index (χ4n) is 7.54. The van der Waals surface area contributed by atoms with Gasteiger partial charge in [-0.3, -0.25) is 4.99 Å². The van der Waals surface area contributed by atoms with Crippen molar-refractivity contribution in [3.05, 3.63) is 209 Å². The van der Waals surface area contributed by atoms with Gasteiger partial charge in [-0.15, -0.1) is 0 Å². The summed E-state index contributed by atoms with van der Waals surface area (Å²) in [7, 11) is 0. The highest BCUT2D eigenvalue weighted by molar-refractivity contribution is 6.03. The van der Waals surface area contributed by atoms with E-state index in [-0.39, 0.29) is 5.92 Å². The molecule has 1 aliphatic carbocycles. The Morgan fingerprint density at radius 2 is 1.34 bits per heavy atom. The average Bonchev–Trinajstić information content (AvgIpc) is 3.22. The van der Waals surface area contributed by atoms with E-state index < -0.39 is 0 Å². The number of benzene rings is 6. The monoisotopic (exact) mass is 687 g/mol. The number of aryl methyl sites for hydroxylation is 2. The van der Waals surface area contributed by atoms with Crippen molar-refractivity contribution in [1.29, 1.82) is 0 Å². The minimum absolute atomic E-state index is 0.179. The standard InChI is InChI=1S/C52H49N/c1-5-40(38(4)41-17-9-7-10-18-41)36-52(44-19-11-8-12-20-44)53-51(6-2)45-31-29-43(30-32-45)42-27-25-39(26-28-42)34-48-23-15-16-24-49(48)50-35-47-22-14-13-21-46(47)33-37(50)3/h7-12,14-20,22-33,35-36,40H,4-6,13,21,34H2,1-3H3/b52-36-,53-51?/t40-/m0/s1. The summed E-state index contributed by atoms with van der Waals surface area (Å²) < 4.78 is 0. The number of fused-ring (bicyclic) bond motifs is 1. The first-order chi connectivity index (χ1) is 26.0. The molecule has 0 spiro atoms. The Balaban J connectivity index is 1.11. The molecule has 7 rings (SSSR count). The van der Waals surface area contributed by atoms with Crippen LogP contribution in [0.4, 0.5) is 0 Å². The summed E-state index contributed by atoms with van der Waals surface area (Å²) >= 11 is 0. The Hall–Kier alpha value is -5.79. The normalized spacial score (nSPS) is 13.4. The lowest BCUT2D eigenvalue weighted by molar-refractivity contribution is 0.795. The van der Waals surface area contributed by atoms with Crippen LogP contribution >= 0.6 is 0 Å². The molecule has 0 fully saturated rings. The van der Waals surface area contributed by atoms with Gasteiger partial charge in [0.1, 0.15) is 0 Å². The molecule has 0 bridgehead atoms. The van der Waals surface area contributed by atoms with Crippen LogP contribution in [0.1, 0.15) is 77.6 Å². The number of hydrogen-bond donors (Lipinski definition) is 0. The van der Waals surface area contributed by atoms with Crippen LogP contribution in [0, 0.1) is 12.8 Å². The van der Waals surface area contributed by atoms with Crippen molar-refractivity contribution in [3.63, 3.8) is 0 Å². The van der Waals surface area contributed by atoms with Crippen LogP contribution in [0.15, 0.2) is 169 Å². The fourth-order valence-corrected chi connectivity index (χ4v) is 7.54. The molecule has 1 atom stereocenters. The minimum atomic E-state index is 0.179. The SMILES string of the molecule is C=C(c1ccccc1)[C@H](/C=C(\N=C(CC)c1ccc(-c2ccc(Cc3ccccc3-c3cc4c(cc3C)CCC=C4)cc2)cc1)c1ccccc1)CC. The highest BCUT2D eigenvalue weighted by atomic mass is 14.8. The Morgan fingerprint density at radius 3 is 2.02 bits per heavy atom. The summed E-state index contributed by atoms with van der Waals surface area (Å²) in [5.74, 6) is 0.179. The van der Waals surface area contributed by atoms with Gasteiger partial charge in [0.05, 0.1) is 5.70 Å². The van der Waals surface area contributed by atoms with E-state index in [0.717, 1.165) is 60.2 Å². The summed E-state index contributed by atoms with van der Waals surface area (Å²) in [6.07, 6.45) is 11.8. The zero-order valence-electron chi connectivity index (χ0n) is 31.4. The van der Waals surface area contributed by atoms with Gasteiger partial charge in [0, 0.05) is 11.6 Å². The van der Waals surface area contributed by atoms with Crippen molar-refractivity contribution in [1.82, 2.24) is 0 Å². The second-order valence-corrected chi connectivity index (χ2v) is 14.2. The van der Waals surface area contributed by atoms with Gasteiger partial charge in [0.2, 0.25) is 0 Å². The Kier molecular flexibility index (Phi) is 11.2. The first-order valence-electron chi connectivity index (χ1n) is 19.2. The number of rotatable bonds is 12. The molecule has 0 radical (unpaired) electrons. The molecule has 0 N–H and O–H groups in total. The summed E-state index contributed by atoms with van der Waals surface area (Å²) in [6.45, 7) is 11.2. The topological polar surface area (TPSA) is 12.4 Å². The van der Waals surface area contributed by atoms with Crippen LogP contribution in [0.2, 0.25) is 0 Å². The maximum absolute atomic E-state index is 5.34. The van der Waals surface area contributed by atoms with E-state index in [2.05, 4.69) is 191 Å². The van der Waals surface area contributed by atoms with E-state index in [1.54, 1.807) is 0 Å². The van der Waals surface area contributed by atoms with Gasteiger partial charge in [0.25, 0.3) is 0 Å². The molecule has 1 aliphatic rings. The van der Waals surface area contributed by atoms with Crippen molar-refractivity contribution < 1.29 is 0 Å². The van der Waals surface area contributed by atoms with Crippen LogP contribution in [0.3, 0.4) is 0 Å². The van der Waals surface area contributed by atoms with Gasteiger partial charge in [-0.2, -0.15) is 0 Å². The summed E-state index contributed by atoms with van der Waals surface area (Å²) in [5, 5.41) is 0. The lowest BCUT2D eigenvalue weighted by Gasteiger charge is -2.17. The molecule has 0 heterocycles. The average molecular weight is 688 g/mol. The fraction of sp³-hybridized carbons (Fsp3) is 0.173. The third-order valence-electron chi connectivity index (χ3n) is 10.6. The van der Waals surface area contributed by atoms with Gasteiger partial charge in [0.15, 0.2) is 0 Å². The van der Waals surface area contributed by atoms with Crippen molar-refractivity contribution in [2.24, 2.45) is 10.9 Å². The Morgan fingerprint density at radius 1 is 0.698 bits per heavy atom. The molecule has 262 valence electrons. The zero-order chi connectivity index (χ0) is 36.6. The Labute approximate surface area is 316 Å². The third kappa shape index (κ3) is 8.32. The molecule has 1 nitrogen and oxygen atoms in total. The highest BCUT2D eigenvalue weighted by Gasteiger charge is 2.15. The minimum Gasteiger partial charge on any atom is -0.253 e. The Bertz CT molecular complexity index is 2270. The quantitative estimate of drug-likeness (QED) is 0.114. The lowest BCUT2D eigenvalue weighted by atomic mass is 9.87. The molecule has 1 heteroatoms. The van der Waals surface area contributed by atoms with E-state index >= 15 is 0 Å². The zero-order valence-corrected chi connectivity index (χ0v) is 31.4. The number of aliphatic imine (C=N–C) groups is 1. The van der Waals surface area contributed by atoms with Crippen LogP contribution in [-0.2, 0) is 12.8 Å². The summed E-state index contributed by atoms with van der Waals surface area (Å²) in [4.78, 5) is 5.34. The van der Waals surface area contributed by atoms with Gasteiger partial charge in [-0.1, -0.05) is 178 Å².